The number of rotatable bonds is 3. The second-order valence-corrected chi connectivity index (χ2v) is 7.13. The van der Waals surface area contributed by atoms with Gasteiger partial charge in [-0.2, -0.15) is 0 Å². The summed E-state index contributed by atoms with van der Waals surface area (Å²) >= 11 is 0. The molecular formula is C19H26N2O4. The smallest absolute Gasteiger partial charge is 0.248 e. The number of aliphatic hydroxyl groups excluding tert-OH is 1. The molecule has 1 fully saturated rings. The van der Waals surface area contributed by atoms with Gasteiger partial charge in [0.05, 0.1) is 18.1 Å². The molecule has 3 rings (SSSR count). The van der Waals surface area contributed by atoms with Gasteiger partial charge in [-0.25, -0.2) is 0 Å². The molecule has 2 heterocycles. The maximum atomic E-state index is 12.1. The van der Waals surface area contributed by atoms with Crippen molar-refractivity contribution >= 4 is 11.8 Å². The highest BCUT2D eigenvalue weighted by Crippen LogP contribution is 2.43. The molecule has 1 aromatic carbocycles. The van der Waals surface area contributed by atoms with Gasteiger partial charge in [-0.05, 0) is 30.4 Å². The Morgan fingerprint density at radius 2 is 1.96 bits per heavy atom. The van der Waals surface area contributed by atoms with Crippen LogP contribution in [0.15, 0.2) is 24.3 Å². The molecule has 1 atom stereocenters. The molecule has 1 saturated heterocycles. The number of nitrogens with zero attached hydrogens (tertiary/aromatic N) is 2. The second-order valence-electron chi connectivity index (χ2n) is 7.13. The van der Waals surface area contributed by atoms with Gasteiger partial charge in [-0.15, -0.1) is 0 Å². The molecule has 2 aliphatic heterocycles. The highest BCUT2D eigenvalue weighted by molar-refractivity contribution is 5.77. The van der Waals surface area contributed by atoms with Gasteiger partial charge in [0, 0.05) is 27.2 Å². The number of hydrogen-bond donors (Lipinski definition) is 1. The van der Waals surface area contributed by atoms with Gasteiger partial charge in [-0.1, -0.05) is 24.3 Å². The van der Waals surface area contributed by atoms with Gasteiger partial charge in [0.1, 0.15) is 6.61 Å². The SMILES string of the molecule is CN(C)C(=O)CC1Cc2ccccc2C2(CCN(C(=O)CO)CC2)O1. The molecule has 0 aromatic heterocycles. The zero-order valence-electron chi connectivity index (χ0n) is 14.9. The Hall–Kier alpha value is -1.92. The summed E-state index contributed by atoms with van der Waals surface area (Å²) in [5.74, 6) is -0.175. The minimum Gasteiger partial charge on any atom is -0.387 e. The minimum absolute atomic E-state index is 0.0624. The van der Waals surface area contributed by atoms with Gasteiger partial charge >= 0.3 is 0 Å². The third-order valence-corrected chi connectivity index (χ3v) is 5.31. The third-order valence-electron chi connectivity index (χ3n) is 5.31. The molecule has 2 aliphatic rings. The molecule has 25 heavy (non-hydrogen) atoms. The molecule has 136 valence electrons. The third kappa shape index (κ3) is 3.55. The summed E-state index contributed by atoms with van der Waals surface area (Å²) in [6, 6.07) is 8.24. The Morgan fingerprint density at radius 1 is 1.28 bits per heavy atom. The lowest BCUT2D eigenvalue weighted by Crippen LogP contribution is -2.51. The van der Waals surface area contributed by atoms with Crippen LogP contribution >= 0.6 is 0 Å². The highest BCUT2D eigenvalue weighted by Gasteiger charge is 2.44. The average molecular weight is 346 g/mol. The van der Waals surface area contributed by atoms with Gasteiger partial charge in [-0.3, -0.25) is 9.59 Å². The van der Waals surface area contributed by atoms with E-state index in [0.29, 0.717) is 32.4 Å². The molecule has 2 amide bonds. The molecule has 1 spiro atoms. The molecule has 1 unspecified atom stereocenters. The largest absolute Gasteiger partial charge is 0.387 e. The average Bonchev–Trinajstić information content (AvgIpc) is 2.61. The molecular weight excluding hydrogens is 320 g/mol. The van der Waals surface area contributed by atoms with E-state index in [-0.39, 0.29) is 17.9 Å². The van der Waals surface area contributed by atoms with Crippen LogP contribution in [-0.2, 0) is 26.3 Å². The minimum atomic E-state index is -0.454. The van der Waals surface area contributed by atoms with E-state index >= 15 is 0 Å². The van der Waals surface area contributed by atoms with Crippen LogP contribution in [0.5, 0.6) is 0 Å². The standard InChI is InChI=1S/C19H26N2O4/c1-20(2)17(23)12-15-11-14-5-3-4-6-16(14)19(25-15)7-9-21(10-8-19)18(24)13-22/h3-6,15,22H,7-13H2,1-2H3. The van der Waals surface area contributed by atoms with Crippen LogP contribution < -0.4 is 0 Å². The number of benzene rings is 1. The van der Waals surface area contributed by atoms with Crippen molar-refractivity contribution < 1.29 is 19.4 Å². The first-order valence-corrected chi connectivity index (χ1v) is 8.80. The van der Waals surface area contributed by atoms with Crippen molar-refractivity contribution in [1.82, 2.24) is 9.80 Å². The van der Waals surface area contributed by atoms with Crippen LogP contribution in [0.25, 0.3) is 0 Å². The lowest BCUT2D eigenvalue weighted by Gasteiger charge is -2.47. The first kappa shape index (κ1) is 17.9. The van der Waals surface area contributed by atoms with Crippen LogP contribution in [0.1, 0.15) is 30.4 Å². The summed E-state index contributed by atoms with van der Waals surface area (Å²) in [5, 5.41) is 9.08. The Kier molecular flexibility index (Phi) is 5.11. The molecule has 1 aromatic rings. The normalized spacial score (nSPS) is 21.7. The maximum Gasteiger partial charge on any atom is 0.248 e. The molecule has 6 nitrogen and oxygen atoms in total. The summed E-state index contributed by atoms with van der Waals surface area (Å²) < 4.78 is 6.48. The molecule has 1 N–H and O–H groups in total. The molecule has 0 saturated carbocycles. The van der Waals surface area contributed by atoms with E-state index in [1.807, 2.05) is 12.1 Å². The summed E-state index contributed by atoms with van der Waals surface area (Å²) in [7, 11) is 3.52. The van der Waals surface area contributed by atoms with Gasteiger partial charge in [0.25, 0.3) is 0 Å². The summed E-state index contributed by atoms with van der Waals surface area (Å²) in [6.45, 7) is 0.661. The lowest BCUT2D eigenvalue weighted by molar-refractivity contribution is -0.159. The van der Waals surface area contributed by atoms with Crippen LogP contribution in [0.2, 0.25) is 0 Å². The Morgan fingerprint density at radius 3 is 2.60 bits per heavy atom. The molecule has 0 radical (unpaired) electrons. The van der Waals surface area contributed by atoms with Gasteiger partial charge < -0.3 is 19.6 Å². The summed E-state index contributed by atoms with van der Waals surface area (Å²) in [4.78, 5) is 27.2. The van der Waals surface area contributed by atoms with Crippen molar-refractivity contribution in [3.63, 3.8) is 0 Å². The van der Waals surface area contributed by atoms with Crippen LogP contribution in [0.3, 0.4) is 0 Å². The van der Waals surface area contributed by atoms with Crippen molar-refractivity contribution in [3.05, 3.63) is 35.4 Å². The van der Waals surface area contributed by atoms with Crippen LogP contribution in [0, 0.1) is 0 Å². The number of carbonyl (C=O) groups excluding carboxylic acids is 2. The monoisotopic (exact) mass is 346 g/mol. The van der Waals surface area contributed by atoms with Crippen molar-refractivity contribution in [2.24, 2.45) is 0 Å². The fraction of sp³-hybridized carbons (Fsp3) is 0.579. The van der Waals surface area contributed by atoms with E-state index in [9.17, 15) is 9.59 Å². The first-order valence-electron chi connectivity index (χ1n) is 8.80. The topological polar surface area (TPSA) is 70.1 Å². The van der Waals surface area contributed by atoms with Crippen molar-refractivity contribution in [2.75, 3.05) is 33.8 Å². The fourth-order valence-electron chi connectivity index (χ4n) is 3.91. The maximum absolute atomic E-state index is 12.1. The summed E-state index contributed by atoms with van der Waals surface area (Å²) in [5.41, 5.74) is 1.96. The van der Waals surface area contributed by atoms with E-state index in [0.717, 1.165) is 6.42 Å². The molecule has 6 heteroatoms. The Bertz CT molecular complexity index is 651. The number of likely N-dealkylation sites (tertiary alicyclic amines) is 1. The number of aliphatic hydroxyl groups is 1. The number of carbonyl (C=O) groups is 2. The number of hydrogen-bond acceptors (Lipinski definition) is 4. The zero-order valence-corrected chi connectivity index (χ0v) is 14.9. The zero-order chi connectivity index (χ0) is 18.0. The van der Waals surface area contributed by atoms with Crippen molar-refractivity contribution in [2.45, 2.75) is 37.4 Å². The van der Waals surface area contributed by atoms with Crippen LogP contribution in [0.4, 0.5) is 0 Å². The van der Waals surface area contributed by atoms with E-state index in [2.05, 4.69) is 12.1 Å². The number of piperidine rings is 1. The van der Waals surface area contributed by atoms with Gasteiger partial charge in [0.2, 0.25) is 11.8 Å². The summed E-state index contributed by atoms with van der Waals surface area (Å²) in [6.07, 6.45) is 2.31. The first-order chi connectivity index (χ1) is 11.9. The Labute approximate surface area is 148 Å². The van der Waals surface area contributed by atoms with Crippen LogP contribution in [-0.4, -0.2) is 66.6 Å². The predicted octanol–water partition coefficient (Wildman–Crippen LogP) is 0.916. The van der Waals surface area contributed by atoms with Crippen molar-refractivity contribution in [1.29, 1.82) is 0 Å². The van der Waals surface area contributed by atoms with E-state index in [4.69, 9.17) is 9.84 Å². The van der Waals surface area contributed by atoms with E-state index in [1.165, 1.54) is 11.1 Å². The number of ether oxygens (including phenoxy) is 1. The van der Waals surface area contributed by atoms with Crippen molar-refractivity contribution in [3.8, 4) is 0 Å². The van der Waals surface area contributed by atoms with Gasteiger partial charge in [0.15, 0.2) is 0 Å². The quantitative estimate of drug-likeness (QED) is 0.883. The molecule has 0 bridgehead atoms. The second kappa shape index (κ2) is 7.14. The predicted molar refractivity (Wildman–Crippen MR) is 92.9 cm³/mol. The Balaban J connectivity index is 1.82. The lowest BCUT2D eigenvalue weighted by atomic mass is 9.78. The van der Waals surface area contributed by atoms with E-state index < -0.39 is 12.2 Å². The van der Waals surface area contributed by atoms with E-state index in [1.54, 1.807) is 23.9 Å². The fourth-order valence-corrected chi connectivity index (χ4v) is 3.91. The highest BCUT2D eigenvalue weighted by atomic mass is 16.5. The molecule has 0 aliphatic carbocycles. The number of fused-ring (bicyclic) bond motifs is 2. The number of amides is 2.